The van der Waals surface area contributed by atoms with Crippen LogP contribution in [0.2, 0.25) is 10.0 Å². The molecule has 0 atom stereocenters. The first-order valence-electron chi connectivity index (χ1n) is 5.97. The maximum atomic E-state index is 13.9. The molecule has 0 unspecified atom stereocenters. The summed E-state index contributed by atoms with van der Waals surface area (Å²) in [5.74, 6) is -0.252. The molecule has 0 saturated carbocycles. The van der Waals surface area contributed by atoms with Crippen molar-refractivity contribution in [3.63, 3.8) is 0 Å². The lowest BCUT2D eigenvalue weighted by Gasteiger charge is -2.07. The zero-order chi connectivity index (χ0) is 15.0. The van der Waals surface area contributed by atoms with Crippen LogP contribution in [0.15, 0.2) is 36.7 Å². The summed E-state index contributed by atoms with van der Waals surface area (Å²) >= 11 is 12.1. The van der Waals surface area contributed by atoms with Crippen LogP contribution in [-0.4, -0.2) is 15.2 Å². The molecule has 3 aromatic rings. The average molecular weight is 323 g/mol. The number of benzene rings is 1. The van der Waals surface area contributed by atoms with Gasteiger partial charge in [0.1, 0.15) is 0 Å². The predicted molar refractivity (Wildman–Crippen MR) is 81.6 cm³/mol. The summed E-state index contributed by atoms with van der Waals surface area (Å²) < 4.78 is 13.9. The second kappa shape index (κ2) is 5.35. The maximum absolute atomic E-state index is 13.9. The Morgan fingerprint density at radius 3 is 2.67 bits per heavy atom. The Morgan fingerprint density at radius 2 is 1.95 bits per heavy atom. The van der Waals surface area contributed by atoms with E-state index in [4.69, 9.17) is 28.9 Å². The number of aromatic nitrogens is 3. The topological polar surface area (TPSA) is 67.6 Å². The molecule has 0 aliphatic rings. The van der Waals surface area contributed by atoms with Gasteiger partial charge in [-0.05, 0) is 18.2 Å². The first kappa shape index (κ1) is 13.9. The van der Waals surface area contributed by atoms with Crippen molar-refractivity contribution in [3.8, 4) is 22.4 Å². The van der Waals surface area contributed by atoms with Crippen molar-refractivity contribution in [2.24, 2.45) is 0 Å². The van der Waals surface area contributed by atoms with Crippen LogP contribution in [0.25, 0.3) is 22.4 Å². The van der Waals surface area contributed by atoms with E-state index >= 15 is 0 Å². The predicted octanol–water partition coefficient (Wildman–Crippen LogP) is 4.17. The lowest BCUT2D eigenvalue weighted by molar-refractivity contribution is 0.624. The molecule has 3 N–H and O–H groups in total. The fourth-order valence-electron chi connectivity index (χ4n) is 2.09. The molecule has 7 heteroatoms. The van der Waals surface area contributed by atoms with Gasteiger partial charge < -0.3 is 5.73 Å². The number of rotatable bonds is 2. The Balaban J connectivity index is 2.25. The van der Waals surface area contributed by atoms with Gasteiger partial charge in [-0.3, -0.25) is 10.1 Å². The van der Waals surface area contributed by atoms with Gasteiger partial charge in [0.15, 0.2) is 11.6 Å². The van der Waals surface area contributed by atoms with Gasteiger partial charge in [0.25, 0.3) is 0 Å². The first-order valence-corrected chi connectivity index (χ1v) is 6.72. The number of nitrogen functional groups attached to an aromatic ring is 1. The van der Waals surface area contributed by atoms with Gasteiger partial charge in [0.05, 0.1) is 22.5 Å². The summed E-state index contributed by atoms with van der Waals surface area (Å²) in [6.45, 7) is 0. The zero-order valence-electron chi connectivity index (χ0n) is 10.6. The Kier molecular flexibility index (Phi) is 3.53. The third-order valence-electron chi connectivity index (χ3n) is 3.04. The second-order valence-electron chi connectivity index (χ2n) is 4.34. The van der Waals surface area contributed by atoms with Crippen LogP contribution in [0.4, 0.5) is 10.2 Å². The number of nitrogens with two attached hydrogens (primary N) is 1. The van der Waals surface area contributed by atoms with Crippen LogP contribution < -0.4 is 5.73 Å². The summed E-state index contributed by atoms with van der Waals surface area (Å²) in [5.41, 5.74) is 7.81. The van der Waals surface area contributed by atoms with Crippen molar-refractivity contribution < 1.29 is 4.39 Å². The van der Waals surface area contributed by atoms with Crippen molar-refractivity contribution in [2.75, 3.05) is 5.73 Å². The van der Waals surface area contributed by atoms with E-state index in [0.29, 0.717) is 32.4 Å². The first-order chi connectivity index (χ1) is 10.1. The monoisotopic (exact) mass is 322 g/mol. The van der Waals surface area contributed by atoms with Gasteiger partial charge in [-0.25, -0.2) is 4.39 Å². The normalized spacial score (nSPS) is 10.8. The van der Waals surface area contributed by atoms with Crippen molar-refractivity contribution >= 4 is 29.0 Å². The highest BCUT2D eigenvalue weighted by molar-refractivity contribution is 6.36. The highest BCUT2D eigenvalue weighted by atomic mass is 35.5. The lowest BCUT2D eigenvalue weighted by atomic mass is 10.0. The number of H-pyrrole nitrogens is 1. The molecule has 0 fully saturated rings. The number of aromatic amines is 1. The third-order valence-corrected chi connectivity index (χ3v) is 3.58. The minimum absolute atomic E-state index is 0.227. The molecule has 2 heterocycles. The SMILES string of the molecule is Nc1n[nH]c(-c2ccncc2F)c1-c1ccc(Cl)cc1Cl. The number of nitrogens with one attached hydrogen (secondary N) is 1. The molecule has 0 spiro atoms. The number of nitrogens with zero attached hydrogens (tertiary/aromatic N) is 2. The van der Waals surface area contributed by atoms with Gasteiger partial charge in [-0.2, -0.15) is 5.10 Å². The second-order valence-corrected chi connectivity index (χ2v) is 5.18. The highest BCUT2D eigenvalue weighted by Gasteiger charge is 2.19. The lowest BCUT2D eigenvalue weighted by Crippen LogP contribution is -1.91. The Labute approximate surface area is 129 Å². The minimum Gasteiger partial charge on any atom is -0.382 e. The van der Waals surface area contributed by atoms with Gasteiger partial charge in [-0.1, -0.05) is 29.3 Å². The quantitative estimate of drug-likeness (QED) is 0.744. The number of anilines is 1. The van der Waals surface area contributed by atoms with Gasteiger partial charge in [0, 0.05) is 22.3 Å². The van der Waals surface area contributed by atoms with Crippen LogP contribution in [0.3, 0.4) is 0 Å². The summed E-state index contributed by atoms with van der Waals surface area (Å²) in [4.78, 5) is 3.72. The summed E-state index contributed by atoms with van der Waals surface area (Å²) in [6, 6.07) is 6.53. The molecule has 4 nitrogen and oxygen atoms in total. The maximum Gasteiger partial charge on any atom is 0.153 e. The largest absolute Gasteiger partial charge is 0.382 e. The van der Waals surface area contributed by atoms with Crippen molar-refractivity contribution in [3.05, 3.63) is 52.5 Å². The molecule has 0 aliphatic heterocycles. The van der Waals surface area contributed by atoms with E-state index < -0.39 is 5.82 Å². The molecule has 0 bridgehead atoms. The van der Waals surface area contributed by atoms with Crippen LogP contribution in [0.1, 0.15) is 0 Å². The van der Waals surface area contributed by atoms with Gasteiger partial charge in [-0.15, -0.1) is 0 Å². The van der Waals surface area contributed by atoms with Crippen LogP contribution in [0.5, 0.6) is 0 Å². The van der Waals surface area contributed by atoms with E-state index in [-0.39, 0.29) is 5.82 Å². The molecule has 0 aliphatic carbocycles. The van der Waals surface area contributed by atoms with E-state index in [1.165, 1.54) is 12.3 Å². The molecular weight excluding hydrogens is 314 g/mol. The molecule has 1 aromatic carbocycles. The van der Waals surface area contributed by atoms with Crippen molar-refractivity contribution in [2.45, 2.75) is 0 Å². The molecule has 3 rings (SSSR count). The number of hydrogen-bond donors (Lipinski definition) is 2. The Morgan fingerprint density at radius 1 is 1.14 bits per heavy atom. The zero-order valence-corrected chi connectivity index (χ0v) is 12.1. The summed E-state index contributed by atoms with van der Waals surface area (Å²) in [6.07, 6.45) is 2.61. The third kappa shape index (κ3) is 2.46. The van der Waals surface area contributed by atoms with E-state index in [0.717, 1.165) is 6.20 Å². The van der Waals surface area contributed by atoms with E-state index in [9.17, 15) is 4.39 Å². The van der Waals surface area contributed by atoms with E-state index in [2.05, 4.69) is 15.2 Å². The van der Waals surface area contributed by atoms with Gasteiger partial charge >= 0.3 is 0 Å². The molecule has 2 aromatic heterocycles. The summed E-state index contributed by atoms with van der Waals surface area (Å²) in [7, 11) is 0. The number of halogens is 3. The fourth-order valence-corrected chi connectivity index (χ4v) is 2.60. The molecule has 21 heavy (non-hydrogen) atoms. The number of hydrogen-bond acceptors (Lipinski definition) is 3. The van der Waals surface area contributed by atoms with E-state index in [1.54, 1.807) is 18.2 Å². The minimum atomic E-state index is -0.479. The Bertz CT molecular complexity index is 816. The van der Waals surface area contributed by atoms with Gasteiger partial charge in [0.2, 0.25) is 0 Å². The van der Waals surface area contributed by atoms with E-state index in [1.807, 2.05) is 0 Å². The molecule has 106 valence electrons. The standard InChI is InChI=1S/C14H9Cl2FN4/c15-7-1-2-8(10(16)5-7)12-13(20-21-14(12)18)9-3-4-19-6-11(9)17/h1-6H,(H3,18,20,21). The molecule has 0 saturated heterocycles. The Hall–Kier alpha value is -2.11. The smallest absolute Gasteiger partial charge is 0.153 e. The fraction of sp³-hybridized carbons (Fsp3) is 0. The summed E-state index contributed by atoms with van der Waals surface area (Å²) in [5, 5.41) is 7.60. The molecular formula is C14H9Cl2FN4. The number of pyridine rings is 1. The van der Waals surface area contributed by atoms with Crippen LogP contribution in [0, 0.1) is 5.82 Å². The van der Waals surface area contributed by atoms with Crippen molar-refractivity contribution in [1.82, 2.24) is 15.2 Å². The average Bonchev–Trinajstić information content (AvgIpc) is 2.81. The molecule has 0 radical (unpaired) electrons. The molecule has 0 amide bonds. The van der Waals surface area contributed by atoms with Crippen LogP contribution in [-0.2, 0) is 0 Å². The highest BCUT2D eigenvalue weighted by Crippen LogP contribution is 2.39. The van der Waals surface area contributed by atoms with Crippen molar-refractivity contribution in [1.29, 1.82) is 0 Å². The van der Waals surface area contributed by atoms with Crippen LogP contribution >= 0.6 is 23.2 Å².